The van der Waals surface area contributed by atoms with E-state index in [2.05, 4.69) is 0 Å². The Hall–Kier alpha value is -0.690. The summed E-state index contributed by atoms with van der Waals surface area (Å²) in [4.78, 5) is 0. The van der Waals surface area contributed by atoms with E-state index in [1.807, 2.05) is 46.8 Å². The number of hydrogen-bond acceptors (Lipinski definition) is 1. The Morgan fingerprint density at radius 3 is 1.93 bits per heavy atom. The lowest BCUT2D eigenvalue weighted by Gasteiger charge is -2.02. The van der Waals surface area contributed by atoms with Gasteiger partial charge >= 0.3 is 0 Å². The van der Waals surface area contributed by atoms with Crippen LogP contribution in [0.15, 0.2) is 18.2 Å². The van der Waals surface area contributed by atoms with Gasteiger partial charge in [0.2, 0.25) is 0 Å². The number of aryl methyl sites for hydroxylation is 1. The summed E-state index contributed by atoms with van der Waals surface area (Å²) in [5.41, 5.74) is 1.10. The molecule has 0 aliphatic heterocycles. The minimum Gasteiger partial charge on any atom is -0.496 e. The van der Waals surface area contributed by atoms with Gasteiger partial charge in [0.25, 0.3) is 0 Å². The molecule has 0 unspecified atom stereocenters. The predicted octanol–water partition coefficient (Wildman–Crippen LogP) is 4.71. The third-order valence-corrected chi connectivity index (χ3v) is 1.61. The first-order valence-corrected chi connectivity index (χ1v) is 5.42. The van der Waals surface area contributed by atoms with Gasteiger partial charge in [0, 0.05) is 5.02 Å². The number of ether oxygens (including phenoxy) is 1. The van der Waals surface area contributed by atoms with Gasteiger partial charge in [-0.2, -0.15) is 0 Å². The molecule has 0 atom stereocenters. The van der Waals surface area contributed by atoms with Gasteiger partial charge < -0.3 is 4.74 Å². The molecule has 0 N–H and O–H groups in total. The monoisotopic (exact) mass is 216 g/mol. The minimum atomic E-state index is 0.711. The lowest BCUT2D eigenvalue weighted by molar-refractivity contribution is 0.412. The van der Waals surface area contributed by atoms with Crippen LogP contribution in [0.5, 0.6) is 5.75 Å². The van der Waals surface area contributed by atoms with Gasteiger partial charge in [0.1, 0.15) is 5.75 Å². The molecule has 0 fully saturated rings. The van der Waals surface area contributed by atoms with E-state index in [9.17, 15) is 0 Å². The molecule has 82 valence electrons. The molecule has 0 bridgehead atoms. The van der Waals surface area contributed by atoms with Gasteiger partial charge in [-0.3, -0.25) is 0 Å². The molecule has 1 aromatic carbocycles. The fraction of sp³-hybridized carbons (Fsp3) is 0.500. The van der Waals surface area contributed by atoms with Crippen LogP contribution in [0, 0.1) is 6.92 Å². The Labute approximate surface area is 93.0 Å². The normalized spacial score (nSPS) is 7.64. The fourth-order valence-corrected chi connectivity index (χ4v) is 0.956. The Morgan fingerprint density at radius 1 is 1.07 bits per heavy atom. The van der Waals surface area contributed by atoms with Gasteiger partial charge in [-0.25, -0.2) is 0 Å². The molecule has 2 heteroatoms. The lowest BCUT2D eigenvalue weighted by Crippen LogP contribution is -1.85. The number of benzene rings is 1. The first-order chi connectivity index (χ1) is 6.74. The second kappa shape index (κ2) is 10.4. The lowest BCUT2D eigenvalue weighted by atomic mass is 10.2. The second-order valence-electron chi connectivity index (χ2n) is 2.11. The largest absolute Gasteiger partial charge is 0.496 e. The molecule has 0 saturated heterocycles. The zero-order valence-corrected chi connectivity index (χ0v) is 10.8. The molecule has 1 aromatic rings. The average molecular weight is 217 g/mol. The molecule has 0 amide bonds. The van der Waals surface area contributed by atoms with E-state index < -0.39 is 0 Å². The van der Waals surface area contributed by atoms with Gasteiger partial charge in [0.05, 0.1) is 7.11 Å². The summed E-state index contributed by atoms with van der Waals surface area (Å²) in [6.45, 7) is 9.98. The van der Waals surface area contributed by atoms with Crippen molar-refractivity contribution in [3.63, 3.8) is 0 Å². The van der Waals surface area contributed by atoms with Crippen LogP contribution in [0.1, 0.15) is 33.3 Å². The highest BCUT2D eigenvalue weighted by molar-refractivity contribution is 6.30. The predicted molar refractivity (Wildman–Crippen MR) is 65.4 cm³/mol. The van der Waals surface area contributed by atoms with E-state index in [0.29, 0.717) is 5.02 Å². The Balaban J connectivity index is 0. The summed E-state index contributed by atoms with van der Waals surface area (Å²) in [5, 5.41) is 0.711. The van der Waals surface area contributed by atoms with Crippen molar-refractivity contribution in [2.45, 2.75) is 34.6 Å². The van der Waals surface area contributed by atoms with Crippen molar-refractivity contribution in [2.24, 2.45) is 0 Å². The van der Waals surface area contributed by atoms with E-state index in [1.165, 1.54) is 0 Å². The van der Waals surface area contributed by atoms with E-state index in [1.54, 1.807) is 13.2 Å². The number of hydrogen-bond donors (Lipinski definition) is 0. The topological polar surface area (TPSA) is 9.23 Å². The van der Waals surface area contributed by atoms with E-state index in [0.717, 1.165) is 11.3 Å². The zero-order chi connectivity index (χ0) is 11.6. The van der Waals surface area contributed by atoms with Crippen LogP contribution in [-0.2, 0) is 0 Å². The number of rotatable bonds is 1. The summed E-state index contributed by atoms with van der Waals surface area (Å²) in [7, 11) is 1.64. The standard InChI is InChI=1S/C8H9ClO.2C2H6/c1-6-3-4-7(9)5-8(6)10-2;2*1-2/h3-5H,1-2H3;2*1-2H3. The fourth-order valence-electron chi connectivity index (χ4n) is 0.794. The molecule has 1 rings (SSSR count). The molecule has 0 heterocycles. The molecule has 1 nitrogen and oxygen atoms in total. The van der Waals surface area contributed by atoms with Crippen molar-refractivity contribution in [3.05, 3.63) is 28.8 Å². The van der Waals surface area contributed by atoms with E-state index >= 15 is 0 Å². The van der Waals surface area contributed by atoms with Crippen molar-refractivity contribution in [2.75, 3.05) is 7.11 Å². The van der Waals surface area contributed by atoms with Crippen molar-refractivity contribution in [1.82, 2.24) is 0 Å². The zero-order valence-electron chi connectivity index (χ0n) is 10.0. The number of halogens is 1. The molecule has 0 aromatic heterocycles. The van der Waals surface area contributed by atoms with Gasteiger partial charge in [-0.05, 0) is 24.6 Å². The number of methoxy groups -OCH3 is 1. The smallest absolute Gasteiger partial charge is 0.123 e. The molecule has 14 heavy (non-hydrogen) atoms. The van der Waals surface area contributed by atoms with Crippen LogP contribution >= 0.6 is 11.6 Å². The molecule has 0 saturated carbocycles. The van der Waals surface area contributed by atoms with Crippen molar-refractivity contribution >= 4 is 11.6 Å². The van der Waals surface area contributed by atoms with Crippen LogP contribution in [-0.4, -0.2) is 7.11 Å². The van der Waals surface area contributed by atoms with Gasteiger partial charge in [-0.15, -0.1) is 0 Å². The van der Waals surface area contributed by atoms with Crippen molar-refractivity contribution in [1.29, 1.82) is 0 Å². The highest BCUT2D eigenvalue weighted by Gasteiger charge is 1.96. The molecule has 0 radical (unpaired) electrons. The molecular formula is C12H21ClO. The van der Waals surface area contributed by atoms with E-state index in [-0.39, 0.29) is 0 Å². The maximum Gasteiger partial charge on any atom is 0.123 e. The highest BCUT2D eigenvalue weighted by atomic mass is 35.5. The summed E-state index contributed by atoms with van der Waals surface area (Å²) in [6.07, 6.45) is 0. The summed E-state index contributed by atoms with van der Waals surface area (Å²) in [6, 6.07) is 5.58. The van der Waals surface area contributed by atoms with Crippen LogP contribution in [0.4, 0.5) is 0 Å². The highest BCUT2D eigenvalue weighted by Crippen LogP contribution is 2.21. The minimum absolute atomic E-state index is 0.711. The van der Waals surface area contributed by atoms with Crippen LogP contribution in [0.2, 0.25) is 5.02 Å². The van der Waals surface area contributed by atoms with Crippen LogP contribution in [0.25, 0.3) is 0 Å². The van der Waals surface area contributed by atoms with Gasteiger partial charge in [-0.1, -0.05) is 45.4 Å². The van der Waals surface area contributed by atoms with Gasteiger partial charge in [0.15, 0.2) is 0 Å². The summed E-state index contributed by atoms with van der Waals surface area (Å²) >= 11 is 5.72. The Bertz CT molecular complexity index is 234. The third kappa shape index (κ3) is 5.87. The molecule has 0 aliphatic rings. The quantitative estimate of drug-likeness (QED) is 0.661. The van der Waals surface area contributed by atoms with Crippen LogP contribution < -0.4 is 4.74 Å². The second-order valence-corrected chi connectivity index (χ2v) is 2.55. The summed E-state index contributed by atoms with van der Waals surface area (Å²) < 4.78 is 5.04. The Morgan fingerprint density at radius 2 is 1.57 bits per heavy atom. The maximum absolute atomic E-state index is 5.72. The molecule has 0 aliphatic carbocycles. The summed E-state index contributed by atoms with van der Waals surface area (Å²) in [5.74, 6) is 0.840. The van der Waals surface area contributed by atoms with Crippen LogP contribution in [0.3, 0.4) is 0 Å². The molecule has 0 spiro atoms. The molecular weight excluding hydrogens is 196 g/mol. The maximum atomic E-state index is 5.72. The third-order valence-electron chi connectivity index (χ3n) is 1.37. The average Bonchev–Trinajstić information content (AvgIpc) is 2.27. The SMILES string of the molecule is CC.CC.COc1cc(Cl)ccc1C. The van der Waals surface area contributed by atoms with E-state index in [4.69, 9.17) is 16.3 Å². The first kappa shape index (κ1) is 15.8. The van der Waals surface area contributed by atoms with Crippen molar-refractivity contribution < 1.29 is 4.74 Å². The first-order valence-electron chi connectivity index (χ1n) is 5.04. The Kier molecular flexibility index (Phi) is 11.7. The van der Waals surface area contributed by atoms with Crippen molar-refractivity contribution in [3.8, 4) is 5.75 Å².